The molecule has 1 atom stereocenters. The summed E-state index contributed by atoms with van der Waals surface area (Å²) in [7, 11) is 0. The molecule has 0 heterocycles. The lowest BCUT2D eigenvalue weighted by Crippen LogP contribution is -2.22. The molecule has 0 aliphatic carbocycles. The molecule has 0 aromatic rings. The minimum atomic E-state index is -0.760. The van der Waals surface area contributed by atoms with Crippen LogP contribution >= 0.6 is 0 Å². The van der Waals surface area contributed by atoms with Crippen molar-refractivity contribution in [3.63, 3.8) is 0 Å². The van der Waals surface area contributed by atoms with Gasteiger partial charge in [0.25, 0.3) is 0 Å². The van der Waals surface area contributed by atoms with Gasteiger partial charge >= 0.3 is 5.97 Å². The Labute approximate surface area is 67.6 Å². The van der Waals surface area contributed by atoms with Gasteiger partial charge in [-0.2, -0.15) is 0 Å². The molecule has 0 rings (SSSR count). The summed E-state index contributed by atoms with van der Waals surface area (Å²) < 4.78 is 0. The Kier molecular flexibility index (Phi) is 4.86. The molecule has 0 fully saturated rings. The number of carboxylic acids is 1. The fraction of sp³-hybridized carbons (Fsp3) is 0.875. The number of hydrogen-bond acceptors (Lipinski definition) is 2. The fourth-order valence-electron chi connectivity index (χ4n) is 1.03. The third-order valence-corrected chi connectivity index (χ3v) is 1.50. The molecule has 0 aliphatic rings. The second-order valence-corrected chi connectivity index (χ2v) is 3.32. The van der Waals surface area contributed by atoms with Crippen LogP contribution in [0.4, 0.5) is 0 Å². The van der Waals surface area contributed by atoms with Crippen LogP contribution in [0.1, 0.15) is 33.1 Å². The Balaban J connectivity index is 3.37. The Morgan fingerprint density at radius 2 is 2.09 bits per heavy atom. The van der Waals surface area contributed by atoms with Crippen molar-refractivity contribution in [1.82, 2.24) is 0 Å². The minimum absolute atomic E-state index is 0.0473. The van der Waals surface area contributed by atoms with Crippen LogP contribution in [0.15, 0.2) is 0 Å². The van der Waals surface area contributed by atoms with Gasteiger partial charge in [0.1, 0.15) is 0 Å². The molecule has 0 radical (unpaired) electrons. The highest BCUT2D eigenvalue weighted by molar-refractivity contribution is 5.66. The maximum Gasteiger partial charge on any atom is 0.303 e. The van der Waals surface area contributed by atoms with Crippen LogP contribution in [0.5, 0.6) is 0 Å². The number of carboxylic acid groups (broad SMARTS) is 1. The van der Waals surface area contributed by atoms with E-state index in [0.717, 1.165) is 6.42 Å². The summed E-state index contributed by atoms with van der Waals surface area (Å²) >= 11 is 0. The molecular weight excluding hydrogens is 142 g/mol. The van der Waals surface area contributed by atoms with E-state index in [9.17, 15) is 4.79 Å². The first-order valence-corrected chi connectivity index (χ1v) is 3.99. The van der Waals surface area contributed by atoms with Crippen LogP contribution in [0, 0.1) is 5.92 Å². The van der Waals surface area contributed by atoms with E-state index in [1.807, 2.05) is 0 Å². The van der Waals surface area contributed by atoms with Gasteiger partial charge in [-0.1, -0.05) is 13.8 Å². The van der Waals surface area contributed by atoms with Crippen LogP contribution < -0.4 is 5.73 Å². The molecule has 0 saturated carbocycles. The van der Waals surface area contributed by atoms with E-state index in [4.69, 9.17) is 10.8 Å². The number of carbonyl (C=O) groups is 1. The first-order chi connectivity index (χ1) is 5.02. The topological polar surface area (TPSA) is 63.3 Å². The third-order valence-electron chi connectivity index (χ3n) is 1.50. The molecule has 0 amide bonds. The standard InChI is InChI=1S/C8H17NO2/c1-6(2)5-7(9)3-4-8(10)11/h6-7H,3-5,9H2,1-2H3,(H,10,11)/t7-/m1/s1. The maximum absolute atomic E-state index is 10.1. The molecule has 0 aliphatic heterocycles. The zero-order chi connectivity index (χ0) is 8.85. The number of aliphatic carboxylic acids is 1. The molecular formula is C8H17NO2. The van der Waals surface area contributed by atoms with Gasteiger partial charge in [0.2, 0.25) is 0 Å². The lowest BCUT2D eigenvalue weighted by atomic mass is 10.0. The van der Waals surface area contributed by atoms with Crippen LogP contribution in [-0.2, 0) is 4.79 Å². The first-order valence-electron chi connectivity index (χ1n) is 3.99. The van der Waals surface area contributed by atoms with Crippen LogP contribution in [0.2, 0.25) is 0 Å². The summed E-state index contributed by atoms with van der Waals surface area (Å²) in [5.74, 6) is -0.206. The first kappa shape index (κ1) is 10.4. The quantitative estimate of drug-likeness (QED) is 0.634. The molecule has 3 heteroatoms. The van der Waals surface area contributed by atoms with Gasteiger partial charge in [-0.05, 0) is 18.8 Å². The van der Waals surface area contributed by atoms with Gasteiger partial charge < -0.3 is 10.8 Å². The average Bonchev–Trinajstić information content (AvgIpc) is 1.82. The number of hydrogen-bond donors (Lipinski definition) is 2. The van der Waals surface area contributed by atoms with Crippen molar-refractivity contribution < 1.29 is 9.90 Å². The molecule has 0 aromatic carbocycles. The highest BCUT2D eigenvalue weighted by Gasteiger charge is 2.07. The summed E-state index contributed by atoms with van der Waals surface area (Å²) in [6.45, 7) is 4.17. The maximum atomic E-state index is 10.1. The van der Waals surface area contributed by atoms with Crippen LogP contribution in [0.25, 0.3) is 0 Å². The Hall–Kier alpha value is -0.570. The monoisotopic (exact) mass is 159 g/mol. The van der Waals surface area contributed by atoms with Crippen molar-refractivity contribution >= 4 is 5.97 Å². The Morgan fingerprint density at radius 1 is 1.55 bits per heavy atom. The Bertz CT molecular complexity index is 123. The lowest BCUT2D eigenvalue weighted by Gasteiger charge is -2.11. The smallest absolute Gasteiger partial charge is 0.303 e. The normalized spacial score (nSPS) is 13.5. The van der Waals surface area contributed by atoms with E-state index in [0.29, 0.717) is 12.3 Å². The molecule has 66 valence electrons. The van der Waals surface area contributed by atoms with Gasteiger partial charge in [-0.25, -0.2) is 0 Å². The number of nitrogens with two attached hydrogens (primary N) is 1. The third kappa shape index (κ3) is 7.33. The van der Waals surface area contributed by atoms with Gasteiger partial charge in [0.15, 0.2) is 0 Å². The second kappa shape index (κ2) is 5.13. The summed E-state index contributed by atoms with van der Waals surface area (Å²) in [5.41, 5.74) is 5.66. The predicted octanol–water partition coefficient (Wildman–Crippen LogP) is 1.22. The average molecular weight is 159 g/mol. The van der Waals surface area contributed by atoms with Crippen LogP contribution in [0.3, 0.4) is 0 Å². The second-order valence-electron chi connectivity index (χ2n) is 3.32. The van der Waals surface area contributed by atoms with Crippen LogP contribution in [-0.4, -0.2) is 17.1 Å². The predicted molar refractivity (Wildman–Crippen MR) is 44.3 cm³/mol. The molecule has 11 heavy (non-hydrogen) atoms. The zero-order valence-corrected chi connectivity index (χ0v) is 7.21. The molecule has 0 unspecified atom stereocenters. The fourth-order valence-corrected chi connectivity index (χ4v) is 1.03. The van der Waals surface area contributed by atoms with Gasteiger partial charge in [-0.15, -0.1) is 0 Å². The summed E-state index contributed by atoms with van der Waals surface area (Å²) in [4.78, 5) is 10.1. The highest BCUT2D eigenvalue weighted by Crippen LogP contribution is 2.06. The van der Waals surface area contributed by atoms with Gasteiger partial charge in [-0.3, -0.25) is 4.79 Å². The van der Waals surface area contributed by atoms with Crippen molar-refractivity contribution in [3.05, 3.63) is 0 Å². The largest absolute Gasteiger partial charge is 0.481 e. The molecule has 3 N–H and O–H groups in total. The highest BCUT2D eigenvalue weighted by atomic mass is 16.4. The van der Waals surface area contributed by atoms with Crippen molar-refractivity contribution in [2.75, 3.05) is 0 Å². The molecule has 0 bridgehead atoms. The van der Waals surface area contributed by atoms with E-state index in [-0.39, 0.29) is 12.5 Å². The van der Waals surface area contributed by atoms with Crippen molar-refractivity contribution in [1.29, 1.82) is 0 Å². The lowest BCUT2D eigenvalue weighted by molar-refractivity contribution is -0.137. The van der Waals surface area contributed by atoms with Crippen molar-refractivity contribution in [2.24, 2.45) is 11.7 Å². The van der Waals surface area contributed by atoms with Gasteiger partial charge in [0, 0.05) is 12.5 Å². The summed E-state index contributed by atoms with van der Waals surface area (Å²) in [6.07, 6.45) is 1.69. The molecule has 0 spiro atoms. The summed E-state index contributed by atoms with van der Waals surface area (Å²) in [6, 6.07) is 0.0473. The Morgan fingerprint density at radius 3 is 2.45 bits per heavy atom. The van der Waals surface area contributed by atoms with Crippen molar-refractivity contribution in [2.45, 2.75) is 39.2 Å². The van der Waals surface area contributed by atoms with E-state index in [1.165, 1.54) is 0 Å². The van der Waals surface area contributed by atoms with Gasteiger partial charge in [0.05, 0.1) is 0 Å². The SMILES string of the molecule is CC(C)C[C@H](N)CCC(=O)O. The van der Waals surface area contributed by atoms with E-state index in [2.05, 4.69) is 13.8 Å². The van der Waals surface area contributed by atoms with E-state index < -0.39 is 5.97 Å². The zero-order valence-electron chi connectivity index (χ0n) is 7.21. The molecule has 3 nitrogen and oxygen atoms in total. The molecule has 0 aromatic heterocycles. The van der Waals surface area contributed by atoms with Crippen molar-refractivity contribution in [3.8, 4) is 0 Å². The number of rotatable bonds is 5. The summed E-state index contributed by atoms with van der Waals surface area (Å²) in [5, 5.41) is 8.34. The molecule has 0 saturated heterocycles. The van der Waals surface area contributed by atoms with E-state index in [1.54, 1.807) is 0 Å². The minimum Gasteiger partial charge on any atom is -0.481 e. The van der Waals surface area contributed by atoms with E-state index >= 15 is 0 Å².